The van der Waals surface area contributed by atoms with Crippen LogP contribution in [0.1, 0.15) is 104 Å². The van der Waals surface area contributed by atoms with E-state index in [1.165, 1.54) is 83.5 Å². The molecule has 1 saturated carbocycles. The maximum Gasteiger partial charge on any atom is 0.161 e. The number of hydrogen-bond acceptors (Lipinski definition) is 3. The summed E-state index contributed by atoms with van der Waals surface area (Å²) in [5, 5.41) is 3.83. The highest BCUT2D eigenvalue weighted by atomic mass is 16.7. The van der Waals surface area contributed by atoms with Crippen molar-refractivity contribution in [3.63, 3.8) is 0 Å². The summed E-state index contributed by atoms with van der Waals surface area (Å²) in [6, 6.07) is 0.717. The second-order valence-electron chi connectivity index (χ2n) is 7.69. The van der Waals surface area contributed by atoms with Gasteiger partial charge < -0.3 is 14.8 Å². The van der Waals surface area contributed by atoms with Crippen molar-refractivity contribution in [3.05, 3.63) is 0 Å². The van der Waals surface area contributed by atoms with Gasteiger partial charge in [-0.05, 0) is 33.1 Å². The molecule has 1 aliphatic carbocycles. The maximum absolute atomic E-state index is 5.93. The zero-order valence-electron chi connectivity index (χ0n) is 17.4. The van der Waals surface area contributed by atoms with Crippen LogP contribution >= 0.6 is 0 Å². The smallest absolute Gasteiger partial charge is 0.161 e. The highest BCUT2D eigenvalue weighted by Crippen LogP contribution is 2.21. The molecule has 0 heterocycles. The van der Waals surface area contributed by atoms with Crippen LogP contribution in [0.4, 0.5) is 0 Å². The molecule has 3 nitrogen and oxygen atoms in total. The van der Waals surface area contributed by atoms with Gasteiger partial charge in [0, 0.05) is 31.7 Å². The Hall–Kier alpha value is -0.120. The van der Waals surface area contributed by atoms with Crippen molar-refractivity contribution >= 4 is 0 Å². The minimum Gasteiger partial charge on any atom is -0.353 e. The molecule has 1 fully saturated rings. The molecule has 0 aromatic carbocycles. The van der Waals surface area contributed by atoms with E-state index in [0.717, 1.165) is 19.8 Å². The Morgan fingerprint density at radius 2 is 1.40 bits per heavy atom. The number of rotatable bonds is 16. The highest BCUT2D eigenvalue weighted by Gasteiger charge is 2.23. The van der Waals surface area contributed by atoms with Gasteiger partial charge in [0.15, 0.2) is 6.29 Å². The summed E-state index contributed by atoms with van der Waals surface area (Å²) in [5.41, 5.74) is 0. The fraction of sp³-hybridized carbons (Fsp3) is 1.00. The van der Waals surface area contributed by atoms with Gasteiger partial charge in [-0.25, -0.2) is 0 Å². The molecular formula is C22H45NO2. The van der Waals surface area contributed by atoms with Crippen LogP contribution < -0.4 is 5.32 Å². The summed E-state index contributed by atoms with van der Waals surface area (Å²) in [7, 11) is 0. The van der Waals surface area contributed by atoms with Crippen LogP contribution in [-0.2, 0) is 9.47 Å². The molecule has 25 heavy (non-hydrogen) atoms. The SMILES string of the molecule is CCCCCCCCCC(CNC1CCCCC1)C(OCC)OCC. The summed E-state index contributed by atoms with van der Waals surface area (Å²) in [6.45, 7) is 8.96. The molecule has 1 unspecified atom stereocenters. The Morgan fingerprint density at radius 3 is 2.00 bits per heavy atom. The standard InChI is InChI=1S/C22H45NO2/c1-4-7-8-9-10-11-13-16-20(22(24-5-2)25-6-3)19-23-21-17-14-12-15-18-21/h20-23H,4-19H2,1-3H3. The Kier molecular flexibility index (Phi) is 14.7. The average molecular weight is 356 g/mol. The molecule has 1 N–H and O–H groups in total. The largest absolute Gasteiger partial charge is 0.353 e. The quantitative estimate of drug-likeness (QED) is 0.269. The molecular weight excluding hydrogens is 310 g/mol. The number of unbranched alkanes of at least 4 members (excludes halogenated alkanes) is 6. The average Bonchev–Trinajstić information content (AvgIpc) is 2.64. The van der Waals surface area contributed by atoms with Crippen molar-refractivity contribution < 1.29 is 9.47 Å². The molecule has 0 amide bonds. The Labute approximate surface area is 157 Å². The van der Waals surface area contributed by atoms with E-state index >= 15 is 0 Å². The van der Waals surface area contributed by atoms with Gasteiger partial charge in [0.05, 0.1) is 0 Å². The van der Waals surface area contributed by atoms with E-state index in [0.29, 0.717) is 12.0 Å². The van der Waals surface area contributed by atoms with Gasteiger partial charge >= 0.3 is 0 Å². The Bertz CT molecular complexity index is 273. The fourth-order valence-electron chi connectivity index (χ4n) is 3.97. The molecule has 1 rings (SSSR count). The van der Waals surface area contributed by atoms with Gasteiger partial charge in [0.2, 0.25) is 0 Å². The van der Waals surface area contributed by atoms with Crippen molar-refractivity contribution in [2.45, 2.75) is 117 Å². The van der Waals surface area contributed by atoms with E-state index in [2.05, 4.69) is 26.1 Å². The second-order valence-corrected chi connectivity index (χ2v) is 7.69. The van der Waals surface area contributed by atoms with E-state index in [4.69, 9.17) is 9.47 Å². The van der Waals surface area contributed by atoms with Gasteiger partial charge in [-0.3, -0.25) is 0 Å². The molecule has 0 aliphatic heterocycles. The third-order valence-corrected chi connectivity index (χ3v) is 5.50. The molecule has 3 heteroatoms. The zero-order valence-corrected chi connectivity index (χ0v) is 17.4. The summed E-state index contributed by atoms with van der Waals surface area (Å²) in [5.74, 6) is 0.484. The van der Waals surface area contributed by atoms with E-state index < -0.39 is 0 Å². The fourth-order valence-corrected chi connectivity index (χ4v) is 3.97. The number of hydrogen-bond donors (Lipinski definition) is 1. The normalized spacial score (nSPS) is 17.3. The molecule has 0 bridgehead atoms. The molecule has 1 atom stereocenters. The lowest BCUT2D eigenvalue weighted by atomic mass is 9.94. The van der Waals surface area contributed by atoms with E-state index in [-0.39, 0.29) is 6.29 Å². The minimum atomic E-state index is -0.0359. The predicted molar refractivity (Wildman–Crippen MR) is 108 cm³/mol. The summed E-state index contributed by atoms with van der Waals surface area (Å²) >= 11 is 0. The third-order valence-electron chi connectivity index (χ3n) is 5.50. The third kappa shape index (κ3) is 11.2. The van der Waals surface area contributed by atoms with Crippen LogP contribution in [0.3, 0.4) is 0 Å². The van der Waals surface area contributed by atoms with Gasteiger partial charge in [0.25, 0.3) is 0 Å². The molecule has 150 valence electrons. The summed E-state index contributed by atoms with van der Waals surface area (Å²) in [6.07, 6.45) is 17.7. The second kappa shape index (κ2) is 16.1. The van der Waals surface area contributed by atoms with E-state index in [1.807, 2.05) is 0 Å². The van der Waals surface area contributed by atoms with Crippen molar-refractivity contribution in [2.24, 2.45) is 5.92 Å². The predicted octanol–water partition coefficient (Wildman–Crippen LogP) is 6.06. The van der Waals surface area contributed by atoms with Crippen LogP contribution in [0.15, 0.2) is 0 Å². The zero-order chi connectivity index (χ0) is 18.2. The first-order chi connectivity index (χ1) is 12.3. The lowest BCUT2D eigenvalue weighted by molar-refractivity contribution is -0.168. The molecule has 0 aromatic heterocycles. The maximum atomic E-state index is 5.93. The van der Waals surface area contributed by atoms with Crippen LogP contribution in [-0.4, -0.2) is 32.1 Å². The molecule has 0 radical (unpaired) electrons. The first-order valence-corrected chi connectivity index (χ1v) is 11.3. The Balaban J connectivity index is 2.34. The molecule has 0 saturated heterocycles. The van der Waals surface area contributed by atoms with Crippen LogP contribution in [0, 0.1) is 5.92 Å². The monoisotopic (exact) mass is 355 g/mol. The lowest BCUT2D eigenvalue weighted by Crippen LogP contribution is -2.40. The van der Waals surface area contributed by atoms with E-state index in [9.17, 15) is 0 Å². The number of nitrogens with one attached hydrogen (secondary N) is 1. The minimum absolute atomic E-state index is 0.0359. The molecule has 1 aliphatic rings. The van der Waals surface area contributed by atoms with Crippen molar-refractivity contribution in [3.8, 4) is 0 Å². The first-order valence-electron chi connectivity index (χ1n) is 11.3. The van der Waals surface area contributed by atoms with Gasteiger partial charge in [-0.15, -0.1) is 0 Å². The van der Waals surface area contributed by atoms with Crippen LogP contribution in [0.25, 0.3) is 0 Å². The highest BCUT2D eigenvalue weighted by molar-refractivity contribution is 4.75. The van der Waals surface area contributed by atoms with Crippen LogP contribution in [0.5, 0.6) is 0 Å². The molecule has 0 aromatic rings. The topological polar surface area (TPSA) is 30.5 Å². The van der Waals surface area contributed by atoms with Crippen molar-refractivity contribution in [2.75, 3.05) is 19.8 Å². The lowest BCUT2D eigenvalue weighted by Gasteiger charge is -2.30. The van der Waals surface area contributed by atoms with Gasteiger partial charge in [0.1, 0.15) is 0 Å². The van der Waals surface area contributed by atoms with Crippen molar-refractivity contribution in [1.29, 1.82) is 0 Å². The van der Waals surface area contributed by atoms with Crippen LogP contribution in [0.2, 0.25) is 0 Å². The van der Waals surface area contributed by atoms with Gasteiger partial charge in [-0.1, -0.05) is 71.1 Å². The first kappa shape index (κ1) is 22.9. The van der Waals surface area contributed by atoms with E-state index in [1.54, 1.807) is 0 Å². The summed E-state index contributed by atoms with van der Waals surface area (Å²) in [4.78, 5) is 0. The molecule has 0 spiro atoms. The number of ether oxygens (including phenoxy) is 2. The van der Waals surface area contributed by atoms with Gasteiger partial charge in [-0.2, -0.15) is 0 Å². The Morgan fingerprint density at radius 1 is 0.800 bits per heavy atom. The summed E-state index contributed by atoms with van der Waals surface area (Å²) < 4.78 is 11.9. The van der Waals surface area contributed by atoms with Crippen molar-refractivity contribution in [1.82, 2.24) is 5.32 Å².